The fourth-order valence-corrected chi connectivity index (χ4v) is 2.86. The van der Waals surface area contributed by atoms with E-state index >= 15 is 0 Å². The predicted octanol–water partition coefficient (Wildman–Crippen LogP) is 2.76. The van der Waals surface area contributed by atoms with E-state index < -0.39 is 30.1 Å². The monoisotopic (exact) mass is 410 g/mol. The first-order valence-corrected chi connectivity index (χ1v) is 8.04. The van der Waals surface area contributed by atoms with Gasteiger partial charge in [0.15, 0.2) is 0 Å². The van der Waals surface area contributed by atoms with Gasteiger partial charge in [-0.15, -0.1) is 0 Å². The van der Waals surface area contributed by atoms with Crippen LogP contribution in [-0.2, 0) is 11.3 Å². The molecule has 6 nitrogen and oxygen atoms in total. The number of hydrogen-bond donors (Lipinski definition) is 1. The Hall–Kier alpha value is -1.42. The molecule has 0 saturated carbocycles. The van der Waals surface area contributed by atoms with Gasteiger partial charge in [-0.2, -0.15) is 28.4 Å². The number of aliphatic hydroxyl groups is 1. The quantitative estimate of drug-likeness (QED) is 0.832. The Morgan fingerprint density at radius 3 is 2.46 bits per heavy atom. The maximum atomic E-state index is 13.2. The molecule has 0 aromatic carbocycles. The van der Waals surface area contributed by atoms with Gasteiger partial charge < -0.3 is 5.11 Å². The van der Waals surface area contributed by atoms with Crippen LogP contribution in [0.15, 0.2) is 9.57 Å². The number of aryl methyl sites for hydroxylation is 1. The molecule has 1 aromatic rings. The molecule has 2 heterocycles. The lowest BCUT2D eigenvalue weighted by Crippen LogP contribution is -2.57. The van der Waals surface area contributed by atoms with Gasteiger partial charge in [0.1, 0.15) is 0 Å². The van der Waals surface area contributed by atoms with Crippen LogP contribution in [0.2, 0.25) is 0 Å². The van der Waals surface area contributed by atoms with Crippen molar-refractivity contribution in [3.63, 3.8) is 0 Å². The fraction of sp³-hybridized carbons (Fsp3) is 0.643. The van der Waals surface area contributed by atoms with Crippen molar-refractivity contribution < 1.29 is 23.1 Å². The highest BCUT2D eigenvalue weighted by Gasteiger charge is 2.63. The zero-order valence-electron chi connectivity index (χ0n) is 13.6. The molecule has 10 heteroatoms. The van der Waals surface area contributed by atoms with Crippen molar-refractivity contribution in [1.82, 2.24) is 14.8 Å². The molecule has 1 N–H and O–H groups in total. The van der Waals surface area contributed by atoms with Gasteiger partial charge in [-0.1, -0.05) is 6.92 Å². The minimum atomic E-state index is -5.00. The minimum Gasteiger partial charge on any atom is -0.362 e. The number of amides is 1. The molecule has 134 valence electrons. The van der Waals surface area contributed by atoms with Crippen molar-refractivity contribution in [3.8, 4) is 0 Å². The summed E-state index contributed by atoms with van der Waals surface area (Å²) < 4.78 is 41.9. The number of hydrogen-bond acceptors (Lipinski definition) is 4. The minimum absolute atomic E-state index is 0.0456. The second kappa shape index (κ2) is 6.14. The molecule has 0 aliphatic carbocycles. The van der Waals surface area contributed by atoms with E-state index in [0.29, 0.717) is 5.69 Å². The lowest BCUT2D eigenvalue weighted by atomic mass is 10.0. The Labute approximate surface area is 145 Å². The number of carbonyl (C=O) groups excluding carboxylic acids is 1. The number of carbonyl (C=O) groups is 1. The highest BCUT2D eigenvalue weighted by molar-refractivity contribution is 9.10. The maximum Gasteiger partial charge on any atom is 0.438 e. The summed E-state index contributed by atoms with van der Waals surface area (Å²) in [5.41, 5.74) is -1.77. The molecule has 0 saturated heterocycles. The molecule has 24 heavy (non-hydrogen) atoms. The second-order valence-corrected chi connectivity index (χ2v) is 6.84. The number of halogens is 4. The smallest absolute Gasteiger partial charge is 0.362 e. The molecule has 2 rings (SSSR count). The summed E-state index contributed by atoms with van der Waals surface area (Å²) in [4.78, 5) is 12.5. The van der Waals surface area contributed by atoms with Crippen LogP contribution in [0.5, 0.6) is 0 Å². The molecule has 0 unspecified atom stereocenters. The molecule has 2 atom stereocenters. The molecule has 0 spiro atoms. The molecule has 1 aliphatic rings. The Morgan fingerprint density at radius 2 is 2.00 bits per heavy atom. The van der Waals surface area contributed by atoms with Crippen molar-refractivity contribution in [1.29, 1.82) is 0 Å². The lowest BCUT2D eigenvalue weighted by molar-refractivity contribution is -0.303. The molecule has 0 radical (unpaired) electrons. The van der Waals surface area contributed by atoms with Crippen molar-refractivity contribution in [2.24, 2.45) is 11.0 Å². The molecule has 1 aliphatic heterocycles. The average Bonchev–Trinajstić information content (AvgIpc) is 2.90. The average molecular weight is 411 g/mol. The number of rotatable bonds is 3. The van der Waals surface area contributed by atoms with Crippen LogP contribution in [0.3, 0.4) is 0 Å². The molecule has 0 bridgehead atoms. The Kier molecular flexibility index (Phi) is 4.84. The molecule has 1 aromatic heterocycles. The third kappa shape index (κ3) is 3.08. The summed E-state index contributed by atoms with van der Waals surface area (Å²) in [5.74, 6) is -1.76. The molecule has 1 amide bonds. The molecular weight excluding hydrogens is 393 g/mol. The third-order valence-corrected chi connectivity index (χ3v) is 5.10. The van der Waals surface area contributed by atoms with E-state index in [0.717, 1.165) is 10.2 Å². The van der Waals surface area contributed by atoms with Gasteiger partial charge in [0.2, 0.25) is 5.91 Å². The summed E-state index contributed by atoms with van der Waals surface area (Å²) >= 11 is 3.36. The van der Waals surface area contributed by atoms with Crippen LogP contribution in [0.25, 0.3) is 0 Å². The van der Waals surface area contributed by atoms with Crippen molar-refractivity contribution >= 4 is 27.5 Å². The number of hydrazone groups is 1. The Morgan fingerprint density at radius 1 is 1.42 bits per heavy atom. The van der Waals surface area contributed by atoms with Crippen LogP contribution in [-0.4, -0.2) is 43.4 Å². The van der Waals surface area contributed by atoms with E-state index in [1.807, 2.05) is 0 Å². The normalized spacial score (nSPS) is 22.7. The molecular formula is C14H18BrF3N4O2. The summed E-state index contributed by atoms with van der Waals surface area (Å²) in [7, 11) is 0. The van der Waals surface area contributed by atoms with Gasteiger partial charge in [-0.05, 0) is 36.7 Å². The van der Waals surface area contributed by atoms with E-state index in [-0.39, 0.29) is 17.3 Å². The zero-order chi connectivity index (χ0) is 18.4. The van der Waals surface area contributed by atoms with E-state index in [2.05, 4.69) is 26.1 Å². The number of aromatic nitrogens is 2. The topological polar surface area (TPSA) is 70.7 Å². The van der Waals surface area contributed by atoms with Crippen LogP contribution < -0.4 is 0 Å². The summed E-state index contributed by atoms with van der Waals surface area (Å²) in [6.07, 6.45) is -5.74. The van der Waals surface area contributed by atoms with Gasteiger partial charge in [-0.3, -0.25) is 9.48 Å². The van der Waals surface area contributed by atoms with Gasteiger partial charge >= 0.3 is 6.18 Å². The lowest BCUT2D eigenvalue weighted by Gasteiger charge is -2.34. The summed E-state index contributed by atoms with van der Waals surface area (Å²) in [5, 5.41) is 18.0. The first kappa shape index (κ1) is 18.9. The predicted molar refractivity (Wildman–Crippen MR) is 84.1 cm³/mol. The number of nitrogens with zero attached hydrogens (tertiary/aromatic N) is 4. The zero-order valence-corrected chi connectivity index (χ0v) is 15.2. The van der Waals surface area contributed by atoms with Crippen LogP contribution in [0, 0.1) is 19.8 Å². The Bertz CT molecular complexity index is 701. The van der Waals surface area contributed by atoms with Crippen molar-refractivity contribution in [2.45, 2.75) is 52.6 Å². The SMILES string of the molecule is CC1=NN(C(=O)[C@@H](C)Cn2nc(C)c(Br)c2C)[C@@](O)(C(F)(F)F)C1. The standard InChI is InChI=1S/C14H18BrF3N4O2/c1-7(6-21-10(4)11(15)9(3)20-21)12(23)22-13(24,14(16,17)18)5-8(2)19-22/h7,24H,5-6H2,1-4H3/t7-,13-/m0/s1. The van der Waals surface area contributed by atoms with E-state index in [1.54, 1.807) is 18.5 Å². The van der Waals surface area contributed by atoms with E-state index in [9.17, 15) is 23.1 Å². The largest absolute Gasteiger partial charge is 0.438 e. The highest BCUT2D eigenvalue weighted by atomic mass is 79.9. The first-order valence-electron chi connectivity index (χ1n) is 7.25. The first-order chi connectivity index (χ1) is 10.9. The summed E-state index contributed by atoms with van der Waals surface area (Å²) in [6.45, 7) is 6.46. The van der Waals surface area contributed by atoms with Gasteiger partial charge in [0.05, 0.1) is 22.6 Å². The molecule has 0 fully saturated rings. The van der Waals surface area contributed by atoms with Gasteiger partial charge in [-0.25, -0.2) is 0 Å². The van der Waals surface area contributed by atoms with Crippen LogP contribution in [0.1, 0.15) is 31.7 Å². The second-order valence-electron chi connectivity index (χ2n) is 6.04. The van der Waals surface area contributed by atoms with Crippen LogP contribution >= 0.6 is 15.9 Å². The van der Waals surface area contributed by atoms with Crippen LogP contribution in [0.4, 0.5) is 13.2 Å². The number of alkyl halides is 3. The van der Waals surface area contributed by atoms with Crippen molar-refractivity contribution in [2.75, 3.05) is 0 Å². The maximum absolute atomic E-state index is 13.2. The van der Waals surface area contributed by atoms with Gasteiger partial charge in [0, 0.05) is 17.8 Å². The summed E-state index contributed by atoms with van der Waals surface area (Å²) in [6, 6.07) is 0. The van der Waals surface area contributed by atoms with E-state index in [4.69, 9.17) is 0 Å². The van der Waals surface area contributed by atoms with Gasteiger partial charge in [0.25, 0.3) is 5.72 Å². The fourth-order valence-electron chi connectivity index (χ4n) is 2.57. The highest BCUT2D eigenvalue weighted by Crippen LogP contribution is 2.40. The third-order valence-electron chi connectivity index (χ3n) is 3.95. The Balaban J connectivity index is 2.25. The van der Waals surface area contributed by atoms with Crippen molar-refractivity contribution in [3.05, 3.63) is 15.9 Å². The van der Waals surface area contributed by atoms with E-state index in [1.165, 1.54) is 13.8 Å².